The molecule has 2 aliphatic carbocycles. The lowest BCUT2D eigenvalue weighted by Gasteiger charge is -2.53. The number of rotatable bonds is 1. The van der Waals surface area contributed by atoms with Gasteiger partial charge in [0.05, 0.1) is 0 Å². The number of hydrogen-bond donors (Lipinski definition) is 0. The van der Waals surface area contributed by atoms with Gasteiger partial charge < -0.3 is 0 Å². The summed E-state index contributed by atoms with van der Waals surface area (Å²) < 4.78 is 0. The van der Waals surface area contributed by atoms with Crippen molar-refractivity contribution in [1.82, 2.24) is 0 Å². The summed E-state index contributed by atoms with van der Waals surface area (Å²) >= 11 is 0. The van der Waals surface area contributed by atoms with Gasteiger partial charge >= 0.3 is 0 Å². The van der Waals surface area contributed by atoms with Gasteiger partial charge in [0.1, 0.15) is 5.78 Å². The normalized spacial score (nSPS) is 30.0. The molecule has 2 nitrogen and oxygen atoms in total. The van der Waals surface area contributed by atoms with Crippen molar-refractivity contribution in [3.63, 3.8) is 0 Å². The second kappa shape index (κ2) is 4.78. The first kappa shape index (κ1) is 15.5. The average molecular weight is 298 g/mol. The zero-order chi connectivity index (χ0) is 16.3. The maximum atomic E-state index is 12.9. The fraction of sp³-hybridized carbons (Fsp3) is 0.600. The Balaban J connectivity index is 2.25. The number of fused-ring (bicyclic) bond motifs is 3. The van der Waals surface area contributed by atoms with E-state index in [0.717, 1.165) is 18.4 Å². The van der Waals surface area contributed by atoms with Gasteiger partial charge in [0.15, 0.2) is 5.78 Å². The lowest BCUT2D eigenvalue weighted by atomic mass is 9.49. The Hall–Kier alpha value is -1.44. The first-order chi connectivity index (χ1) is 10.2. The summed E-state index contributed by atoms with van der Waals surface area (Å²) in [5, 5.41) is 0. The molecule has 0 aliphatic heterocycles. The van der Waals surface area contributed by atoms with E-state index in [1.165, 1.54) is 16.7 Å². The van der Waals surface area contributed by atoms with Crippen LogP contribution >= 0.6 is 0 Å². The van der Waals surface area contributed by atoms with Crippen molar-refractivity contribution in [3.8, 4) is 0 Å². The molecular formula is C20H26O2. The van der Waals surface area contributed by atoms with Gasteiger partial charge in [-0.15, -0.1) is 0 Å². The molecule has 0 bridgehead atoms. The Labute approximate surface area is 133 Å². The largest absolute Gasteiger partial charge is 0.299 e. The van der Waals surface area contributed by atoms with E-state index < -0.39 is 5.41 Å². The molecule has 1 aromatic carbocycles. The van der Waals surface area contributed by atoms with Crippen molar-refractivity contribution >= 4 is 11.6 Å². The highest BCUT2D eigenvalue weighted by molar-refractivity contribution is 6.02. The Morgan fingerprint density at radius 3 is 2.50 bits per heavy atom. The molecule has 1 fully saturated rings. The molecule has 0 spiro atoms. The standard InChI is InChI=1S/C20H26O2/c1-6-13-12(2)7-8-14-18(13)15(21)11-16-19(3,4)17(22)9-10-20(14,16)5/h7-8,16H,6,9-11H2,1-5H3/t16?,20-/m1/s1. The second-order valence-corrected chi connectivity index (χ2v) is 7.88. The van der Waals surface area contributed by atoms with E-state index in [2.05, 4.69) is 32.9 Å². The quantitative estimate of drug-likeness (QED) is 0.769. The molecule has 1 saturated carbocycles. The summed E-state index contributed by atoms with van der Waals surface area (Å²) in [6.07, 6.45) is 2.90. The van der Waals surface area contributed by atoms with E-state index in [9.17, 15) is 9.59 Å². The van der Waals surface area contributed by atoms with Gasteiger partial charge in [-0.25, -0.2) is 0 Å². The van der Waals surface area contributed by atoms with Crippen LogP contribution in [0.25, 0.3) is 0 Å². The number of aryl methyl sites for hydroxylation is 1. The van der Waals surface area contributed by atoms with Crippen LogP contribution in [-0.4, -0.2) is 11.6 Å². The summed E-state index contributed by atoms with van der Waals surface area (Å²) in [4.78, 5) is 25.3. The van der Waals surface area contributed by atoms with Crippen molar-refractivity contribution in [1.29, 1.82) is 0 Å². The van der Waals surface area contributed by atoms with Gasteiger partial charge in [-0.2, -0.15) is 0 Å². The molecule has 2 atom stereocenters. The summed E-state index contributed by atoms with van der Waals surface area (Å²) in [5.74, 6) is 0.670. The summed E-state index contributed by atoms with van der Waals surface area (Å²) in [6, 6.07) is 4.31. The van der Waals surface area contributed by atoms with Gasteiger partial charge in [0.2, 0.25) is 0 Å². The van der Waals surface area contributed by atoms with Crippen LogP contribution in [0.15, 0.2) is 12.1 Å². The Kier molecular flexibility index (Phi) is 3.36. The van der Waals surface area contributed by atoms with Crippen molar-refractivity contribution < 1.29 is 9.59 Å². The minimum Gasteiger partial charge on any atom is -0.299 e. The van der Waals surface area contributed by atoms with Gasteiger partial charge in [-0.3, -0.25) is 9.59 Å². The monoisotopic (exact) mass is 298 g/mol. The van der Waals surface area contributed by atoms with Crippen LogP contribution in [0.4, 0.5) is 0 Å². The first-order valence-corrected chi connectivity index (χ1v) is 8.43. The van der Waals surface area contributed by atoms with E-state index in [4.69, 9.17) is 0 Å². The molecule has 1 aromatic rings. The van der Waals surface area contributed by atoms with E-state index in [0.29, 0.717) is 18.6 Å². The average Bonchev–Trinajstić information content (AvgIpc) is 2.46. The van der Waals surface area contributed by atoms with Gasteiger partial charge in [0, 0.05) is 23.8 Å². The van der Waals surface area contributed by atoms with Crippen LogP contribution in [0.1, 0.15) is 74.0 Å². The topological polar surface area (TPSA) is 34.1 Å². The number of hydrogen-bond acceptors (Lipinski definition) is 2. The third-order valence-corrected chi connectivity index (χ3v) is 6.41. The maximum Gasteiger partial charge on any atom is 0.163 e. The van der Waals surface area contributed by atoms with Crippen LogP contribution in [-0.2, 0) is 16.6 Å². The van der Waals surface area contributed by atoms with Crippen molar-refractivity contribution in [2.45, 2.75) is 65.7 Å². The first-order valence-electron chi connectivity index (χ1n) is 8.43. The number of carbonyl (C=O) groups excluding carboxylic acids is 2. The molecule has 0 radical (unpaired) electrons. The molecule has 0 aromatic heterocycles. The third-order valence-electron chi connectivity index (χ3n) is 6.41. The molecule has 0 saturated heterocycles. The summed E-state index contributed by atoms with van der Waals surface area (Å²) in [6.45, 7) is 10.6. The van der Waals surface area contributed by atoms with E-state index in [1.54, 1.807) is 0 Å². The molecule has 0 amide bonds. The lowest BCUT2D eigenvalue weighted by Crippen LogP contribution is -2.53. The van der Waals surface area contributed by atoms with Crippen molar-refractivity contribution in [2.24, 2.45) is 11.3 Å². The molecule has 2 aliphatic rings. The highest BCUT2D eigenvalue weighted by atomic mass is 16.1. The SMILES string of the molecule is CCc1c(C)ccc2c1C(=O)CC1C(C)(C)C(=O)CC[C@]21C. The fourth-order valence-corrected chi connectivity index (χ4v) is 4.95. The minimum atomic E-state index is -0.405. The summed E-state index contributed by atoms with van der Waals surface area (Å²) in [5.41, 5.74) is 4.11. The fourth-order valence-electron chi connectivity index (χ4n) is 4.95. The molecule has 3 rings (SSSR count). The van der Waals surface area contributed by atoms with Crippen LogP contribution in [0.5, 0.6) is 0 Å². The van der Waals surface area contributed by atoms with Crippen LogP contribution in [0.3, 0.4) is 0 Å². The molecule has 0 heterocycles. The molecule has 22 heavy (non-hydrogen) atoms. The molecular weight excluding hydrogens is 272 g/mol. The van der Waals surface area contributed by atoms with Crippen molar-refractivity contribution in [3.05, 3.63) is 34.4 Å². The highest BCUT2D eigenvalue weighted by Crippen LogP contribution is 2.56. The minimum absolute atomic E-state index is 0.0573. The molecule has 0 N–H and O–H groups in total. The number of Topliss-reactive ketones (excluding diaryl/α,β-unsaturated/α-hetero) is 2. The summed E-state index contributed by atoms with van der Waals surface area (Å²) in [7, 11) is 0. The van der Waals surface area contributed by atoms with Crippen LogP contribution < -0.4 is 0 Å². The number of ketones is 2. The smallest absolute Gasteiger partial charge is 0.163 e. The van der Waals surface area contributed by atoms with Crippen molar-refractivity contribution in [2.75, 3.05) is 0 Å². The number of benzene rings is 1. The second-order valence-electron chi connectivity index (χ2n) is 7.88. The zero-order valence-electron chi connectivity index (χ0n) is 14.4. The molecule has 2 heteroatoms. The predicted octanol–water partition coefficient (Wildman–Crippen LogP) is 4.41. The lowest BCUT2D eigenvalue weighted by molar-refractivity contribution is -0.136. The van der Waals surface area contributed by atoms with E-state index >= 15 is 0 Å². The maximum absolute atomic E-state index is 12.9. The van der Waals surface area contributed by atoms with Gasteiger partial charge in [0.25, 0.3) is 0 Å². The number of carbonyl (C=O) groups is 2. The highest BCUT2D eigenvalue weighted by Gasteiger charge is 2.55. The Bertz CT molecular complexity index is 669. The Morgan fingerprint density at radius 2 is 1.86 bits per heavy atom. The van der Waals surface area contributed by atoms with E-state index in [-0.39, 0.29) is 17.1 Å². The Morgan fingerprint density at radius 1 is 1.18 bits per heavy atom. The third kappa shape index (κ3) is 1.85. The van der Waals surface area contributed by atoms with Gasteiger partial charge in [-0.1, -0.05) is 39.8 Å². The van der Waals surface area contributed by atoms with E-state index in [1.807, 2.05) is 13.8 Å². The predicted molar refractivity (Wildman–Crippen MR) is 88.4 cm³/mol. The van der Waals surface area contributed by atoms with Crippen LogP contribution in [0, 0.1) is 18.3 Å². The van der Waals surface area contributed by atoms with Gasteiger partial charge in [-0.05, 0) is 47.8 Å². The molecule has 1 unspecified atom stereocenters. The van der Waals surface area contributed by atoms with Crippen LogP contribution in [0.2, 0.25) is 0 Å². The molecule has 118 valence electrons. The zero-order valence-corrected chi connectivity index (χ0v) is 14.4.